The first-order chi connectivity index (χ1) is 15.7. The van der Waals surface area contributed by atoms with Crippen LogP contribution in [0.5, 0.6) is 0 Å². The van der Waals surface area contributed by atoms with Gasteiger partial charge in [0.15, 0.2) is 0 Å². The van der Waals surface area contributed by atoms with E-state index in [-0.39, 0.29) is 7.92 Å². The maximum Gasteiger partial charge on any atom is -0.0129 e. The SMILES string of the molecule is CCCCc1ccc(P(c2ccccc2C)C2CCCCC2)c(CCCC)c1CCCC. The molecule has 0 bridgehead atoms. The zero-order valence-corrected chi connectivity index (χ0v) is 22.3. The van der Waals surface area contributed by atoms with Gasteiger partial charge in [-0.05, 0) is 105 Å². The molecule has 0 heterocycles. The molecule has 2 aromatic rings. The maximum absolute atomic E-state index is 2.61. The van der Waals surface area contributed by atoms with Crippen molar-refractivity contribution in [2.75, 3.05) is 0 Å². The number of hydrogen-bond donors (Lipinski definition) is 0. The van der Waals surface area contributed by atoms with Crippen LogP contribution in [-0.4, -0.2) is 5.66 Å². The molecule has 1 saturated carbocycles. The Hall–Kier alpha value is -1.13. The van der Waals surface area contributed by atoms with Crippen molar-refractivity contribution in [2.24, 2.45) is 0 Å². The summed E-state index contributed by atoms with van der Waals surface area (Å²) in [4.78, 5) is 0. The highest BCUT2D eigenvalue weighted by Gasteiger charge is 2.30. The van der Waals surface area contributed by atoms with Crippen molar-refractivity contribution >= 4 is 18.5 Å². The monoisotopic (exact) mass is 450 g/mol. The van der Waals surface area contributed by atoms with Crippen molar-refractivity contribution in [1.29, 1.82) is 0 Å². The Bertz CT molecular complexity index is 815. The largest absolute Gasteiger partial charge is 0.0654 e. The molecule has 3 rings (SSSR count). The van der Waals surface area contributed by atoms with Crippen molar-refractivity contribution in [3.05, 3.63) is 58.7 Å². The van der Waals surface area contributed by atoms with E-state index in [1.165, 1.54) is 95.5 Å². The fraction of sp³-hybridized carbons (Fsp3) is 0.613. The summed E-state index contributed by atoms with van der Waals surface area (Å²) in [5.74, 6) is 0. The molecule has 1 atom stereocenters. The highest BCUT2D eigenvalue weighted by atomic mass is 31.1. The normalized spacial score (nSPS) is 15.8. The zero-order chi connectivity index (χ0) is 22.8. The molecule has 0 N–H and O–H groups in total. The second-order valence-corrected chi connectivity index (χ2v) is 12.4. The molecule has 1 unspecified atom stereocenters. The van der Waals surface area contributed by atoms with Gasteiger partial charge in [-0.1, -0.05) is 95.7 Å². The Balaban J connectivity index is 2.15. The second kappa shape index (κ2) is 13.5. The average molecular weight is 451 g/mol. The van der Waals surface area contributed by atoms with E-state index in [1.54, 1.807) is 27.3 Å². The summed E-state index contributed by atoms with van der Waals surface area (Å²) in [5, 5.41) is 3.41. The van der Waals surface area contributed by atoms with Gasteiger partial charge in [-0.15, -0.1) is 0 Å². The van der Waals surface area contributed by atoms with Crippen LogP contribution >= 0.6 is 7.92 Å². The minimum atomic E-state index is -0.284. The van der Waals surface area contributed by atoms with Crippen molar-refractivity contribution in [1.82, 2.24) is 0 Å². The van der Waals surface area contributed by atoms with Crippen LogP contribution in [0.25, 0.3) is 0 Å². The van der Waals surface area contributed by atoms with Crippen molar-refractivity contribution < 1.29 is 0 Å². The Kier molecular flexibility index (Phi) is 10.8. The van der Waals surface area contributed by atoms with E-state index in [0.29, 0.717) is 0 Å². The molecule has 1 aliphatic carbocycles. The smallest absolute Gasteiger partial charge is 0.0129 e. The summed E-state index contributed by atoms with van der Waals surface area (Å²) in [5.41, 5.74) is 7.56. The topological polar surface area (TPSA) is 0 Å². The lowest BCUT2D eigenvalue weighted by atomic mass is 9.91. The van der Waals surface area contributed by atoms with Gasteiger partial charge in [-0.25, -0.2) is 0 Å². The fourth-order valence-corrected chi connectivity index (χ4v) is 8.95. The van der Waals surface area contributed by atoms with E-state index in [0.717, 1.165) is 5.66 Å². The summed E-state index contributed by atoms with van der Waals surface area (Å²) in [7, 11) is -0.284. The van der Waals surface area contributed by atoms with Gasteiger partial charge in [0.1, 0.15) is 0 Å². The second-order valence-electron chi connectivity index (χ2n) is 9.96. The molecule has 0 nitrogen and oxygen atoms in total. The van der Waals surface area contributed by atoms with Crippen LogP contribution in [0.3, 0.4) is 0 Å². The van der Waals surface area contributed by atoms with Crippen LogP contribution in [0.2, 0.25) is 0 Å². The Morgan fingerprint density at radius 2 is 1.31 bits per heavy atom. The van der Waals surface area contributed by atoms with Crippen LogP contribution in [0.15, 0.2) is 36.4 Å². The molecule has 0 aromatic heterocycles. The van der Waals surface area contributed by atoms with Gasteiger partial charge in [0.25, 0.3) is 0 Å². The van der Waals surface area contributed by atoms with Crippen molar-refractivity contribution in [3.8, 4) is 0 Å². The number of unbranched alkanes of at least 4 members (excludes halogenated alkanes) is 3. The van der Waals surface area contributed by atoms with Crippen molar-refractivity contribution in [2.45, 2.75) is 123 Å². The van der Waals surface area contributed by atoms with Gasteiger partial charge in [0, 0.05) is 0 Å². The highest BCUT2D eigenvalue weighted by Crippen LogP contribution is 2.48. The number of aryl methyl sites for hydroxylation is 2. The Morgan fingerprint density at radius 1 is 0.688 bits per heavy atom. The zero-order valence-electron chi connectivity index (χ0n) is 21.4. The highest BCUT2D eigenvalue weighted by molar-refractivity contribution is 7.73. The van der Waals surface area contributed by atoms with Gasteiger partial charge in [-0.2, -0.15) is 0 Å². The standard InChI is InChI=1S/C31H47P/c1-5-8-17-26-23-24-31(29(21-10-7-3)28(26)20-9-6-2)32(27-18-12-11-13-19-27)30-22-15-14-16-25(30)4/h14-16,22-24,27H,5-13,17-21H2,1-4H3. The molecule has 2 aromatic carbocycles. The summed E-state index contributed by atoms with van der Waals surface area (Å²) in [6, 6.07) is 14.5. The summed E-state index contributed by atoms with van der Waals surface area (Å²) in [6.45, 7) is 9.40. The molecule has 1 aliphatic rings. The van der Waals surface area contributed by atoms with E-state index in [2.05, 4.69) is 64.1 Å². The number of rotatable bonds is 12. The molecule has 1 fully saturated rings. The first kappa shape index (κ1) is 25.5. The molecule has 0 amide bonds. The third-order valence-corrected chi connectivity index (χ3v) is 10.6. The average Bonchev–Trinajstić information content (AvgIpc) is 2.83. The third-order valence-electron chi connectivity index (χ3n) is 7.44. The minimum absolute atomic E-state index is 0.284. The lowest BCUT2D eigenvalue weighted by Crippen LogP contribution is -2.28. The van der Waals surface area contributed by atoms with Crippen LogP contribution in [-0.2, 0) is 19.3 Å². The summed E-state index contributed by atoms with van der Waals surface area (Å²) in [6.07, 6.45) is 18.8. The number of hydrogen-bond acceptors (Lipinski definition) is 0. The Morgan fingerprint density at radius 3 is 1.97 bits per heavy atom. The molecule has 0 aliphatic heterocycles. The molecular weight excluding hydrogens is 403 g/mol. The molecule has 176 valence electrons. The van der Waals surface area contributed by atoms with E-state index >= 15 is 0 Å². The van der Waals surface area contributed by atoms with Gasteiger partial charge in [0.2, 0.25) is 0 Å². The minimum Gasteiger partial charge on any atom is -0.0654 e. The van der Waals surface area contributed by atoms with Gasteiger partial charge in [0.05, 0.1) is 0 Å². The first-order valence-electron chi connectivity index (χ1n) is 13.7. The molecule has 0 radical (unpaired) electrons. The van der Waals surface area contributed by atoms with Gasteiger partial charge in [-0.3, -0.25) is 0 Å². The first-order valence-corrected chi connectivity index (χ1v) is 15.1. The van der Waals surface area contributed by atoms with Crippen LogP contribution in [0.1, 0.15) is 114 Å². The molecular formula is C31H47P. The van der Waals surface area contributed by atoms with E-state index in [1.807, 2.05) is 0 Å². The third kappa shape index (κ3) is 6.47. The van der Waals surface area contributed by atoms with Crippen LogP contribution < -0.4 is 10.6 Å². The Labute approximate surface area is 200 Å². The lowest BCUT2D eigenvalue weighted by Gasteiger charge is -2.35. The van der Waals surface area contributed by atoms with E-state index in [9.17, 15) is 0 Å². The van der Waals surface area contributed by atoms with E-state index < -0.39 is 0 Å². The predicted octanol–water partition coefficient (Wildman–Crippen LogP) is 8.79. The van der Waals surface area contributed by atoms with Crippen LogP contribution in [0, 0.1) is 6.92 Å². The fourth-order valence-electron chi connectivity index (χ4n) is 5.55. The summed E-state index contributed by atoms with van der Waals surface area (Å²) < 4.78 is 0. The molecule has 32 heavy (non-hydrogen) atoms. The lowest BCUT2D eigenvalue weighted by molar-refractivity contribution is 0.513. The molecule has 1 heteroatoms. The van der Waals surface area contributed by atoms with Crippen LogP contribution in [0.4, 0.5) is 0 Å². The van der Waals surface area contributed by atoms with E-state index in [4.69, 9.17) is 0 Å². The number of benzene rings is 2. The van der Waals surface area contributed by atoms with Crippen molar-refractivity contribution in [3.63, 3.8) is 0 Å². The quantitative estimate of drug-likeness (QED) is 0.283. The molecule has 0 saturated heterocycles. The molecule has 0 spiro atoms. The maximum atomic E-state index is 2.61. The summed E-state index contributed by atoms with van der Waals surface area (Å²) >= 11 is 0. The van der Waals surface area contributed by atoms with Gasteiger partial charge >= 0.3 is 0 Å². The predicted molar refractivity (Wildman–Crippen MR) is 147 cm³/mol. The van der Waals surface area contributed by atoms with Gasteiger partial charge < -0.3 is 0 Å².